The van der Waals surface area contributed by atoms with Gasteiger partial charge in [-0.05, 0) is 17.6 Å². The van der Waals surface area contributed by atoms with Crippen LogP contribution in [0.25, 0.3) is 0 Å². The summed E-state index contributed by atoms with van der Waals surface area (Å²) in [6, 6.07) is 6.38. The van der Waals surface area contributed by atoms with E-state index in [-0.39, 0.29) is 12.3 Å². The summed E-state index contributed by atoms with van der Waals surface area (Å²) < 4.78 is 0. The molecule has 15 heavy (non-hydrogen) atoms. The minimum absolute atomic E-state index is 0.186. The highest BCUT2D eigenvalue weighted by Crippen LogP contribution is 2.04. The van der Waals surface area contributed by atoms with Crippen molar-refractivity contribution in [3.8, 4) is 0 Å². The Labute approximate surface area is 88.4 Å². The second-order valence-electron chi connectivity index (χ2n) is 3.04. The van der Waals surface area contributed by atoms with Gasteiger partial charge < -0.3 is 15.4 Å². The normalized spacial score (nSPS) is 9.47. The van der Waals surface area contributed by atoms with E-state index in [0.29, 0.717) is 11.2 Å². The lowest BCUT2D eigenvalue weighted by molar-refractivity contribution is -0.115. The van der Waals surface area contributed by atoms with Crippen LogP contribution in [0.1, 0.15) is 6.42 Å². The predicted molar refractivity (Wildman–Crippen MR) is 59.7 cm³/mol. The van der Waals surface area contributed by atoms with E-state index in [0.717, 1.165) is 0 Å². The van der Waals surface area contributed by atoms with Gasteiger partial charge in [-0.15, -0.1) is 6.58 Å². The molecular weight excluding hydrogens is 193 g/mol. The number of amides is 1. The molecule has 1 aromatic rings. The second-order valence-corrected chi connectivity index (χ2v) is 3.04. The Kier molecular flexibility index (Phi) is 4.09. The van der Waals surface area contributed by atoms with Gasteiger partial charge in [-0.3, -0.25) is 4.79 Å². The number of nitrogens with one attached hydrogen (secondary N) is 1. The van der Waals surface area contributed by atoms with E-state index in [1.165, 1.54) is 12.1 Å². The summed E-state index contributed by atoms with van der Waals surface area (Å²) in [5.41, 5.74) is 0.874. The molecule has 0 radical (unpaired) electrons. The van der Waals surface area contributed by atoms with E-state index in [2.05, 4.69) is 11.9 Å². The van der Waals surface area contributed by atoms with E-state index < -0.39 is 7.12 Å². The Morgan fingerprint density at radius 2 is 2.27 bits per heavy atom. The van der Waals surface area contributed by atoms with Crippen molar-refractivity contribution in [1.29, 1.82) is 0 Å². The van der Waals surface area contributed by atoms with E-state index >= 15 is 0 Å². The van der Waals surface area contributed by atoms with Gasteiger partial charge in [0.1, 0.15) is 0 Å². The van der Waals surface area contributed by atoms with Crippen molar-refractivity contribution in [2.75, 3.05) is 5.32 Å². The first kappa shape index (κ1) is 11.5. The third-order valence-corrected chi connectivity index (χ3v) is 1.80. The smallest absolute Gasteiger partial charge is 0.423 e. The summed E-state index contributed by atoms with van der Waals surface area (Å²) >= 11 is 0. The summed E-state index contributed by atoms with van der Waals surface area (Å²) in [6.45, 7) is 3.45. The van der Waals surface area contributed by atoms with Crippen molar-refractivity contribution in [1.82, 2.24) is 0 Å². The molecule has 1 rings (SSSR count). The van der Waals surface area contributed by atoms with Crippen molar-refractivity contribution in [2.24, 2.45) is 0 Å². The van der Waals surface area contributed by atoms with Crippen LogP contribution < -0.4 is 10.8 Å². The van der Waals surface area contributed by atoms with Gasteiger partial charge in [0.15, 0.2) is 0 Å². The Bertz CT molecular complexity index is 365. The van der Waals surface area contributed by atoms with Crippen LogP contribution in [0.3, 0.4) is 0 Å². The third-order valence-electron chi connectivity index (χ3n) is 1.80. The minimum Gasteiger partial charge on any atom is -0.423 e. The number of carbonyl (C=O) groups excluding carboxylic acids is 1. The summed E-state index contributed by atoms with van der Waals surface area (Å²) in [4.78, 5) is 11.2. The number of carbonyl (C=O) groups is 1. The molecule has 5 heteroatoms. The van der Waals surface area contributed by atoms with Gasteiger partial charge in [-0.25, -0.2) is 0 Å². The van der Waals surface area contributed by atoms with E-state index in [1.807, 2.05) is 0 Å². The summed E-state index contributed by atoms with van der Waals surface area (Å²) in [5.74, 6) is -0.186. The van der Waals surface area contributed by atoms with Crippen molar-refractivity contribution >= 4 is 24.2 Å². The van der Waals surface area contributed by atoms with Gasteiger partial charge in [-0.1, -0.05) is 18.2 Å². The summed E-state index contributed by atoms with van der Waals surface area (Å²) in [6.07, 6.45) is 1.73. The average molecular weight is 205 g/mol. The van der Waals surface area contributed by atoms with Crippen LogP contribution in [-0.2, 0) is 4.79 Å². The zero-order chi connectivity index (χ0) is 11.3. The number of rotatable bonds is 4. The maximum absolute atomic E-state index is 11.2. The second kappa shape index (κ2) is 5.33. The Morgan fingerprint density at radius 1 is 1.53 bits per heavy atom. The Balaban J connectivity index is 2.73. The molecule has 0 saturated carbocycles. The van der Waals surface area contributed by atoms with Crippen LogP contribution in [0.5, 0.6) is 0 Å². The van der Waals surface area contributed by atoms with Crippen LogP contribution in [0.15, 0.2) is 36.9 Å². The lowest BCUT2D eigenvalue weighted by Crippen LogP contribution is -2.30. The molecule has 78 valence electrons. The van der Waals surface area contributed by atoms with Gasteiger partial charge in [0.2, 0.25) is 5.91 Å². The molecule has 0 heterocycles. The van der Waals surface area contributed by atoms with Gasteiger partial charge in [0, 0.05) is 12.1 Å². The third kappa shape index (κ3) is 3.57. The predicted octanol–water partition coefficient (Wildman–Crippen LogP) is -0.119. The van der Waals surface area contributed by atoms with Crippen molar-refractivity contribution < 1.29 is 14.8 Å². The first-order valence-corrected chi connectivity index (χ1v) is 4.50. The molecule has 0 atom stereocenters. The molecule has 0 spiro atoms. The maximum atomic E-state index is 11.2. The molecule has 1 amide bonds. The molecule has 0 aliphatic rings. The van der Waals surface area contributed by atoms with Crippen LogP contribution in [-0.4, -0.2) is 23.1 Å². The van der Waals surface area contributed by atoms with E-state index in [4.69, 9.17) is 10.0 Å². The summed E-state index contributed by atoms with van der Waals surface area (Å²) in [7, 11) is -1.53. The largest absolute Gasteiger partial charge is 0.488 e. The minimum atomic E-state index is -1.53. The van der Waals surface area contributed by atoms with E-state index in [9.17, 15) is 4.79 Å². The molecule has 0 fully saturated rings. The zero-order valence-corrected chi connectivity index (χ0v) is 8.18. The monoisotopic (exact) mass is 205 g/mol. The molecule has 0 unspecified atom stereocenters. The van der Waals surface area contributed by atoms with Crippen LogP contribution in [0.4, 0.5) is 5.69 Å². The lowest BCUT2D eigenvalue weighted by atomic mass is 9.80. The van der Waals surface area contributed by atoms with E-state index in [1.54, 1.807) is 18.2 Å². The van der Waals surface area contributed by atoms with Crippen LogP contribution in [0.2, 0.25) is 0 Å². The highest BCUT2D eigenvalue weighted by Gasteiger charge is 2.11. The quantitative estimate of drug-likeness (QED) is 0.474. The zero-order valence-electron chi connectivity index (χ0n) is 8.18. The first-order valence-electron chi connectivity index (χ1n) is 4.50. The van der Waals surface area contributed by atoms with Gasteiger partial charge >= 0.3 is 7.12 Å². The molecule has 1 aromatic carbocycles. The van der Waals surface area contributed by atoms with Crippen molar-refractivity contribution in [3.63, 3.8) is 0 Å². The van der Waals surface area contributed by atoms with Gasteiger partial charge in [0.25, 0.3) is 0 Å². The Morgan fingerprint density at radius 3 is 2.87 bits per heavy atom. The molecule has 0 aromatic heterocycles. The molecule has 3 N–H and O–H groups in total. The fourth-order valence-electron chi connectivity index (χ4n) is 1.12. The fourth-order valence-corrected chi connectivity index (χ4v) is 1.12. The molecule has 0 aliphatic heterocycles. The van der Waals surface area contributed by atoms with Gasteiger partial charge in [0.05, 0.1) is 0 Å². The SMILES string of the molecule is C=CCC(=O)Nc1cccc(B(O)O)c1. The average Bonchev–Trinajstić information content (AvgIpc) is 2.18. The molecular formula is C10H12BNO3. The molecule has 0 bridgehead atoms. The number of benzene rings is 1. The fraction of sp³-hybridized carbons (Fsp3) is 0.100. The topological polar surface area (TPSA) is 69.6 Å². The molecule has 0 aliphatic carbocycles. The molecule has 4 nitrogen and oxygen atoms in total. The standard InChI is InChI=1S/C10H12BNO3/c1-2-4-10(13)12-9-6-3-5-8(7-9)11(14)15/h2-3,5-7,14-15H,1,4H2,(H,12,13). The maximum Gasteiger partial charge on any atom is 0.488 e. The Hall–Kier alpha value is -1.59. The summed E-state index contributed by atoms with van der Waals surface area (Å²) in [5, 5.41) is 20.4. The number of anilines is 1. The van der Waals surface area contributed by atoms with Crippen molar-refractivity contribution in [2.45, 2.75) is 6.42 Å². The highest BCUT2D eigenvalue weighted by molar-refractivity contribution is 6.58. The first-order chi connectivity index (χ1) is 7.13. The highest BCUT2D eigenvalue weighted by atomic mass is 16.4. The van der Waals surface area contributed by atoms with Crippen molar-refractivity contribution in [3.05, 3.63) is 36.9 Å². The van der Waals surface area contributed by atoms with Gasteiger partial charge in [-0.2, -0.15) is 0 Å². The number of hydrogen-bond acceptors (Lipinski definition) is 3. The number of hydrogen-bond donors (Lipinski definition) is 3. The molecule has 0 saturated heterocycles. The van der Waals surface area contributed by atoms with Crippen LogP contribution >= 0.6 is 0 Å². The van der Waals surface area contributed by atoms with Crippen LogP contribution in [0, 0.1) is 0 Å². The lowest BCUT2D eigenvalue weighted by Gasteiger charge is -2.05.